The first-order valence-corrected chi connectivity index (χ1v) is 6.14. The molecule has 0 spiro atoms. The van der Waals surface area contributed by atoms with Gasteiger partial charge in [0.15, 0.2) is 0 Å². The summed E-state index contributed by atoms with van der Waals surface area (Å²) in [5.74, 6) is 0.962. The number of fused-ring (bicyclic) bond motifs is 2. The molecule has 2 rings (SSSR count). The zero-order valence-corrected chi connectivity index (χ0v) is 10.4. The van der Waals surface area contributed by atoms with Gasteiger partial charge in [0.2, 0.25) is 0 Å². The highest BCUT2D eigenvalue weighted by Crippen LogP contribution is 2.65. The van der Waals surface area contributed by atoms with E-state index in [4.69, 9.17) is 0 Å². The van der Waals surface area contributed by atoms with Gasteiger partial charge in [-0.15, -0.1) is 0 Å². The zero-order chi connectivity index (χ0) is 10.6. The van der Waals surface area contributed by atoms with Gasteiger partial charge in [0.05, 0.1) is 0 Å². The Balaban J connectivity index is 2.19. The van der Waals surface area contributed by atoms with Gasteiger partial charge in [0.25, 0.3) is 0 Å². The predicted octanol–water partition coefficient (Wildman–Crippen LogP) is 3.20. The van der Waals surface area contributed by atoms with Crippen LogP contribution in [0.25, 0.3) is 0 Å². The highest BCUT2D eigenvalue weighted by Gasteiger charge is 2.61. The average molecular weight is 195 g/mol. The van der Waals surface area contributed by atoms with E-state index < -0.39 is 0 Å². The van der Waals surface area contributed by atoms with Crippen molar-refractivity contribution in [3.8, 4) is 0 Å². The number of rotatable bonds is 2. The molecule has 82 valence electrons. The smallest absolute Gasteiger partial charge is 0.0131 e. The summed E-state index contributed by atoms with van der Waals surface area (Å²) in [6, 6.07) is 1.39. The first-order valence-electron chi connectivity index (χ1n) is 6.14. The van der Waals surface area contributed by atoms with Gasteiger partial charge in [-0.1, -0.05) is 34.6 Å². The highest BCUT2D eigenvalue weighted by molar-refractivity contribution is 5.13. The van der Waals surface area contributed by atoms with Crippen LogP contribution in [-0.4, -0.2) is 12.1 Å². The van der Waals surface area contributed by atoms with E-state index in [1.165, 1.54) is 19.3 Å². The fourth-order valence-corrected chi connectivity index (χ4v) is 3.86. The molecule has 0 heterocycles. The molecular weight excluding hydrogens is 170 g/mol. The van der Waals surface area contributed by atoms with Crippen molar-refractivity contribution in [3.05, 3.63) is 0 Å². The number of nitrogens with one attached hydrogen (secondary N) is 1. The first kappa shape index (κ1) is 10.5. The second kappa shape index (κ2) is 2.98. The fraction of sp³-hybridized carbons (Fsp3) is 1.00. The summed E-state index contributed by atoms with van der Waals surface area (Å²) in [6.45, 7) is 12.0. The van der Waals surface area contributed by atoms with E-state index in [1.807, 2.05) is 0 Å². The van der Waals surface area contributed by atoms with E-state index in [0.29, 0.717) is 16.9 Å². The SMILES string of the molecule is CC(C)NC1CC2CC[C@]1(C)C2(C)C. The molecule has 1 nitrogen and oxygen atoms in total. The summed E-state index contributed by atoms with van der Waals surface area (Å²) >= 11 is 0. The third-order valence-corrected chi connectivity index (χ3v) is 5.33. The van der Waals surface area contributed by atoms with Gasteiger partial charge in [-0.25, -0.2) is 0 Å². The highest BCUT2D eigenvalue weighted by atomic mass is 15.0. The topological polar surface area (TPSA) is 12.0 Å². The van der Waals surface area contributed by atoms with Crippen LogP contribution >= 0.6 is 0 Å². The molecule has 0 aromatic heterocycles. The Kier molecular flexibility index (Phi) is 2.23. The van der Waals surface area contributed by atoms with Crippen molar-refractivity contribution in [2.24, 2.45) is 16.7 Å². The third-order valence-electron chi connectivity index (χ3n) is 5.33. The van der Waals surface area contributed by atoms with Crippen LogP contribution in [0.4, 0.5) is 0 Å². The van der Waals surface area contributed by atoms with Crippen LogP contribution in [0.15, 0.2) is 0 Å². The lowest BCUT2D eigenvalue weighted by Crippen LogP contribution is -2.46. The molecule has 0 radical (unpaired) electrons. The van der Waals surface area contributed by atoms with Gasteiger partial charge in [0, 0.05) is 12.1 Å². The molecule has 2 saturated carbocycles. The Morgan fingerprint density at radius 3 is 2.21 bits per heavy atom. The van der Waals surface area contributed by atoms with E-state index >= 15 is 0 Å². The van der Waals surface area contributed by atoms with Crippen LogP contribution in [0.3, 0.4) is 0 Å². The van der Waals surface area contributed by atoms with Crippen molar-refractivity contribution in [1.29, 1.82) is 0 Å². The molecule has 0 aliphatic heterocycles. The Morgan fingerprint density at radius 1 is 1.21 bits per heavy atom. The lowest BCUT2D eigenvalue weighted by Gasteiger charge is -2.40. The molecule has 14 heavy (non-hydrogen) atoms. The maximum atomic E-state index is 3.77. The monoisotopic (exact) mass is 195 g/mol. The molecule has 2 aliphatic rings. The van der Waals surface area contributed by atoms with Gasteiger partial charge in [0.1, 0.15) is 0 Å². The summed E-state index contributed by atoms with van der Waals surface area (Å²) in [5.41, 5.74) is 1.10. The van der Waals surface area contributed by atoms with Crippen LogP contribution < -0.4 is 5.32 Å². The predicted molar refractivity (Wildman–Crippen MR) is 61.3 cm³/mol. The maximum Gasteiger partial charge on any atom is 0.0131 e. The summed E-state index contributed by atoms with van der Waals surface area (Å²) in [6.07, 6.45) is 4.29. The molecule has 0 aromatic rings. The summed E-state index contributed by atoms with van der Waals surface area (Å²) in [4.78, 5) is 0. The number of hydrogen-bond acceptors (Lipinski definition) is 1. The Bertz CT molecular complexity index is 231. The molecule has 0 saturated heterocycles. The second-order valence-corrected chi connectivity index (χ2v) is 6.48. The maximum absolute atomic E-state index is 3.77. The van der Waals surface area contributed by atoms with Crippen molar-refractivity contribution in [2.45, 2.75) is 66.0 Å². The second-order valence-electron chi connectivity index (χ2n) is 6.48. The third kappa shape index (κ3) is 1.18. The van der Waals surface area contributed by atoms with Crippen molar-refractivity contribution in [1.82, 2.24) is 5.32 Å². The van der Waals surface area contributed by atoms with Gasteiger partial charge < -0.3 is 5.32 Å². The first-order chi connectivity index (χ1) is 6.38. The number of hydrogen-bond donors (Lipinski definition) is 1. The van der Waals surface area contributed by atoms with Crippen LogP contribution in [0, 0.1) is 16.7 Å². The molecule has 0 amide bonds. The largest absolute Gasteiger partial charge is 0.311 e. The lowest BCUT2D eigenvalue weighted by atomic mass is 9.69. The minimum atomic E-state index is 0.544. The molecule has 1 N–H and O–H groups in total. The molecule has 2 bridgehead atoms. The minimum Gasteiger partial charge on any atom is -0.311 e. The fourth-order valence-electron chi connectivity index (χ4n) is 3.86. The Labute approximate surface area is 88.7 Å². The normalized spacial score (nSPS) is 45.0. The molecule has 2 unspecified atom stereocenters. The Morgan fingerprint density at radius 2 is 1.86 bits per heavy atom. The van der Waals surface area contributed by atoms with Gasteiger partial charge >= 0.3 is 0 Å². The van der Waals surface area contributed by atoms with Crippen LogP contribution in [0.1, 0.15) is 53.9 Å². The standard InChI is InChI=1S/C13H25N/c1-9(2)14-11-8-10-6-7-13(11,5)12(10,3)4/h9-11,14H,6-8H2,1-5H3/t10?,11?,13-/m0/s1. The minimum absolute atomic E-state index is 0.544. The quantitative estimate of drug-likeness (QED) is 0.713. The van der Waals surface area contributed by atoms with Crippen LogP contribution in [-0.2, 0) is 0 Å². The van der Waals surface area contributed by atoms with E-state index in [-0.39, 0.29) is 0 Å². The summed E-state index contributed by atoms with van der Waals surface area (Å²) in [5, 5.41) is 3.77. The molecule has 0 aromatic carbocycles. The van der Waals surface area contributed by atoms with E-state index in [0.717, 1.165) is 12.0 Å². The summed E-state index contributed by atoms with van der Waals surface area (Å²) < 4.78 is 0. The molecule has 2 aliphatic carbocycles. The molecule has 3 atom stereocenters. The van der Waals surface area contributed by atoms with Crippen molar-refractivity contribution in [2.75, 3.05) is 0 Å². The molecule has 1 heteroatoms. The molecule has 2 fully saturated rings. The van der Waals surface area contributed by atoms with Crippen LogP contribution in [0.2, 0.25) is 0 Å². The zero-order valence-electron chi connectivity index (χ0n) is 10.4. The van der Waals surface area contributed by atoms with E-state index in [9.17, 15) is 0 Å². The van der Waals surface area contributed by atoms with Crippen molar-refractivity contribution in [3.63, 3.8) is 0 Å². The average Bonchev–Trinajstić information content (AvgIpc) is 2.35. The van der Waals surface area contributed by atoms with E-state index in [1.54, 1.807) is 0 Å². The summed E-state index contributed by atoms with van der Waals surface area (Å²) in [7, 11) is 0. The van der Waals surface area contributed by atoms with Gasteiger partial charge in [-0.05, 0) is 36.0 Å². The lowest BCUT2D eigenvalue weighted by molar-refractivity contribution is 0.117. The van der Waals surface area contributed by atoms with E-state index in [2.05, 4.69) is 39.9 Å². The van der Waals surface area contributed by atoms with Crippen molar-refractivity contribution >= 4 is 0 Å². The van der Waals surface area contributed by atoms with Crippen molar-refractivity contribution < 1.29 is 0 Å². The Hall–Kier alpha value is -0.0400. The van der Waals surface area contributed by atoms with Gasteiger partial charge in [-0.3, -0.25) is 0 Å². The molecular formula is C13H25N. The van der Waals surface area contributed by atoms with Gasteiger partial charge in [-0.2, -0.15) is 0 Å². The van der Waals surface area contributed by atoms with Crippen LogP contribution in [0.5, 0.6) is 0 Å².